The van der Waals surface area contributed by atoms with Crippen molar-refractivity contribution in [1.82, 2.24) is 9.29 Å². The Morgan fingerprint density at radius 1 is 1.26 bits per heavy atom. The fraction of sp³-hybridized carbons (Fsp3) is 0.375. The molecule has 124 valence electrons. The smallest absolute Gasteiger partial charge is 0.243 e. The molecule has 0 radical (unpaired) electrons. The van der Waals surface area contributed by atoms with E-state index in [1.165, 1.54) is 4.31 Å². The second-order valence-corrected chi connectivity index (χ2v) is 7.32. The third-order valence-corrected chi connectivity index (χ3v) is 6.01. The van der Waals surface area contributed by atoms with Gasteiger partial charge in [0.15, 0.2) is 0 Å². The summed E-state index contributed by atoms with van der Waals surface area (Å²) in [7, 11) is -1.97. The third kappa shape index (κ3) is 2.99. The van der Waals surface area contributed by atoms with Gasteiger partial charge in [-0.2, -0.15) is 4.31 Å². The summed E-state index contributed by atoms with van der Waals surface area (Å²) in [6.45, 7) is 3.40. The second-order valence-electron chi connectivity index (χ2n) is 5.42. The Morgan fingerprint density at radius 2 is 2.00 bits per heavy atom. The number of nitrogens with one attached hydrogen (secondary N) is 1. The topological polar surface area (TPSA) is 71.6 Å². The summed E-state index contributed by atoms with van der Waals surface area (Å²) in [6.07, 6.45) is 1.80. The van der Waals surface area contributed by atoms with E-state index in [-0.39, 0.29) is 0 Å². The minimum atomic E-state index is -3.55. The van der Waals surface area contributed by atoms with Gasteiger partial charge >= 0.3 is 0 Å². The first-order valence-electron chi connectivity index (χ1n) is 7.44. The molecule has 3 rings (SSSR count). The monoisotopic (exact) mass is 336 g/mol. The quantitative estimate of drug-likeness (QED) is 0.927. The Kier molecular flexibility index (Phi) is 4.43. The lowest BCUT2D eigenvalue weighted by molar-refractivity contribution is 0.0730. The fourth-order valence-corrected chi connectivity index (χ4v) is 4.38. The highest BCUT2D eigenvalue weighted by atomic mass is 32.2. The molecule has 0 amide bonds. The molecular formula is C16H20N2O4S. The number of rotatable bonds is 4. The van der Waals surface area contributed by atoms with Crippen molar-refractivity contribution in [3.05, 3.63) is 36.0 Å². The number of aromatic nitrogens is 1. The Balaban J connectivity index is 2.10. The van der Waals surface area contributed by atoms with E-state index in [0.29, 0.717) is 42.5 Å². The lowest BCUT2D eigenvalue weighted by Gasteiger charge is -2.27. The molecule has 0 bridgehead atoms. The predicted molar refractivity (Wildman–Crippen MR) is 87.1 cm³/mol. The van der Waals surface area contributed by atoms with Gasteiger partial charge in [0.25, 0.3) is 0 Å². The van der Waals surface area contributed by atoms with Crippen LogP contribution in [0.2, 0.25) is 0 Å². The number of nitrogens with zero attached hydrogens (tertiary/aromatic N) is 1. The van der Waals surface area contributed by atoms with Crippen LogP contribution < -0.4 is 4.74 Å². The molecule has 1 fully saturated rings. The number of aryl methyl sites for hydroxylation is 1. The summed E-state index contributed by atoms with van der Waals surface area (Å²) in [5.41, 5.74) is 2.22. The molecule has 1 aliphatic heterocycles. The first-order valence-corrected chi connectivity index (χ1v) is 8.88. The van der Waals surface area contributed by atoms with Crippen molar-refractivity contribution in [2.75, 3.05) is 33.4 Å². The van der Waals surface area contributed by atoms with Crippen LogP contribution in [0.3, 0.4) is 0 Å². The van der Waals surface area contributed by atoms with E-state index in [1.807, 2.05) is 12.1 Å². The lowest BCUT2D eigenvalue weighted by atomic mass is 10.1. The zero-order valence-corrected chi connectivity index (χ0v) is 14.0. The zero-order chi connectivity index (χ0) is 16.4. The van der Waals surface area contributed by atoms with Crippen LogP contribution in [0.1, 0.15) is 5.56 Å². The number of methoxy groups -OCH3 is 1. The maximum Gasteiger partial charge on any atom is 0.243 e. The van der Waals surface area contributed by atoms with Crippen LogP contribution in [0.25, 0.3) is 11.3 Å². The number of morpholine rings is 1. The van der Waals surface area contributed by atoms with Gasteiger partial charge in [0.2, 0.25) is 10.0 Å². The molecule has 1 aromatic heterocycles. The van der Waals surface area contributed by atoms with Crippen molar-refractivity contribution in [3.63, 3.8) is 0 Å². The van der Waals surface area contributed by atoms with Crippen LogP contribution in [-0.2, 0) is 14.8 Å². The van der Waals surface area contributed by atoms with Crippen molar-refractivity contribution in [2.45, 2.75) is 11.8 Å². The first kappa shape index (κ1) is 16.0. The van der Waals surface area contributed by atoms with Crippen LogP contribution in [0.5, 0.6) is 5.75 Å². The highest BCUT2D eigenvalue weighted by Crippen LogP contribution is 2.34. The summed E-state index contributed by atoms with van der Waals surface area (Å²) in [5.74, 6) is 0.644. The molecule has 1 aliphatic rings. The van der Waals surface area contributed by atoms with Gasteiger partial charge < -0.3 is 14.5 Å². The standard InChI is InChI=1S/C16H20N2O4S/c1-12-10-15(21-2)13(14-4-3-5-17-14)11-16(12)23(19,20)18-6-8-22-9-7-18/h3-5,10-11,17H,6-9H2,1-2H3. The van der Waals surface area contributed by atoms with Crippen LogP contribution in [0, 0.1) is 6.92 Å². The van der Waals surface area contributed by atoms with E-state index in [1.54, 1.807) is 32.4 Å². The van der Waals surface area contributed by atoms with Crippen molar-refractivity contribution >= 4 is 10.0 Å². The van der Waals surface area contributed by atoms with Crippen molar-refractivity contribution in [1.29, 1.82) is 0 Å². The minimum absolute atomic E-state index is 0.310. The van der Waals surface area contributed by atoms with Crippen LogP contribution in [-0.4, -0.2) is 51.1 Å². The molecule has 2 heterocycles. The molecule has 1 saturated heterocycles. The van der Waals surface area contributed by atoms with Crippen LogP contribution >= 0.6 is 0 Å². The summed E-state index contributed by atoms with van der Waals surface area (Å²) in [5, 5.41) is 0. The molecule has 23 heavy (non-hydrogen) atoms. The van der Waals surface area contributed by atoms with Gasteiger partial charge in [-0.3, -0.25) is 0 Å². The largest absolute Gasteiger partial charge is 0.496 e. The summed E-state index contributed by atoms with van der Waals surface area (Å²) in [4.78, 5) is 3.41. The molecule has 6 nitrogen and oxygen atoms in total. The maximum absolute atomic E-state index is 12.9. The SMILES string of the molecule is COc1cc(C)c(S(=O)(=O)N2CCOCC2)cc1-c1ccc[nH]1. The molecular weight excluding hydrogens is 316 g/mol. The van der Waals surface area contributed by atoms with E-state index in [9.17, 15) is 8.42 Å². The van der Waals surface area contributed by atoms with Gasteiger partial charge in [-0.05, 0) is 36.8 Å². The van der Waals surface area contributed by atoms with Gasteiger partial charge in [-0.1, -0.05) is 0 Å². The van der Waals surface area contributed by atoms with E-state index in [4.69, 9.17) is 9.47 Å². The van der Waals surface area contributed by atoms with E-state index >= 15 is 0 Å². The molecule has 1 N–H and O–H groups in total. The average molecular weight is 336 g/mol. The third-order valence-electron chi connectivity index (χ3n) is 3.97. The van der Waals surface area contributed by atoms with Crippen LogP contribution in [0.15, 0.2) is 35.4 Å². The van der Waals surface area contributed by atoms with Gasteiger partial charge in [0.1, 0.15) is 5.75 Å². The molecule has 2 aromatic rings. The summed E-state index contributed by atoms with van der Waals surface area (Å²) in [6, 6.07) is 7.21. The number of sulfonamides is 1. The fourth-order valence-electron chi connectivity index (χ4n) is 2.74. The van der Waals surface area contributed by atoms with E-state index < -0.39 is 10.0 Å². The van der Waals surface area contributed by atoms with Crippen LogP contribution in [0.4, 0.5) is 0 Å². The number of hydrogen-bond acceptors (Lipinski definition) is 4. The highest BCUT2D eigenvalue weighted by molar-refractivity contribution is 7.89. The number of ether oxygens (including phenoxy) is 2. The molecule has 7 heteroatoms. The zero-order valence-electron chi connectivity index (χ0n) is 13.2. The average Bonchev–Trinajstić information content (AvgIpc) is 3.09. The summed E-state index contributed by atoms with van der Waals surface area (Å²) >= 11 is 0. The first-order chi connectivity index (χ1) is 11.0. The van der Waals surface area contributed by atoms with E-state index in [0.717, 1.165) is 11.3 Å². The van der Waals surface area contributed by atoms with Gasteiger partial charge in [-0.15, -0.1) is 0 Å². The molecule has 0 aliphatic carbocycles. The molecule has 1 aromatic carbocycles. The number of aromatic amines is 1. The molecule has 0 atom stereocenters. The number of hydrogen-bond donors (Lipinski definition) is 1. The molecule has 0 saturated carbocycles. The predicted octanol–water partition coefficient (Wildman–Crippen LogP) is 2.02. The van der Waals surface area contributed by atoms with Crippen molar-refractivity contribution in [2.24, 2.45) is 0 Å². The second kappa shape index (κ2) is 6.35. The normalized spacial score (nSPS) is 16.4. The van der Waals surface area contributed by atoms with Crippen molar-refractivity contribution < 1.29 is 17.9 Å². The number of H-pyrrole nitrogens is 1. The van der Waals surface area contributed by atoms with Gasteiger partial charge in [0, 0.05) is 30.5 Å². The molecule has 0 spiro atoms. The maximum atomic E-state index is 12.9. The summed E-state index contributed by atoms with van der Waals surface area (Å²) < 4.78 is 38.0. The Morgan fingerprint density at radius 3 is 2.61 bits per heavy atom. The molecule has 0 unspecified atom stereocenters. The van der Waals surface area contributed by atoms with Gasteiger partial charge in [-0.25, -0.2) is 8.42 Å². The Bertz CT molecular complexity index is 779. The Labute approximate surface area is 136 Å². The minimum Gasteiger partial charge on any atom is -0.496 e. The Hall–Kier alpha value is -1.83. The highest BCUT2D eigenvalue weighted by Gasteiger charge is 2.29. The van der Waals surface area contributed by atoms with Crippen molar-refractivity contribution in [3.8, 4) is 17.0 Å². The lowest BCUT2D eigenvalue weighted by Crippen LogP contribution is -2.40. The number of benzene rings is 1. The van der Waals surface area contributed by atoms with E-state index in [2.05, 4.69) is 4.98 Å². The van der Waals surface area contributed by atoms with Gasteiger partial charge in [0.05, 0.1) is 25.2 Å².